The van der Waals surface area contributed by atoms with E-state index in [-0.39, 0.29) is 17.9 Å². The molecule has 0 fully saturated rings. The van der Waals surface area contributed by atoms with Gasteiger partial charge in [0.15, 0.2) is 0 Å². The summed E-state index contributed by atoms with van der Waals surface area (Å²) in [6, 6.07) is 0. The van der Waals surface area contributed by atoms with E-state index in [9.17, 15) is 9.59 Å². The zero-order valence-corrected chi connectivity index (χ0v) is 13.8. The number of amides is 1. The van der Waals surface area contributed by atoms with E-state index in [2.05, 4.69) is 31.8 Å². The van der Waals surface area contributed by atoms with E-state index in [1.807, 2.05) is 6.20 Å². The Morgan fingerprint density at radius 1 is 1.39 bits per heavy atom. The van der Waals surface area contributed by atoms with E-state index in [1.54, 1.807) is 20.0 Å². The Hall–Kier alpha value is -2.44. The van der Waals surface area contributed by atoms with Crippen LogP contribution in [0.1, 0.15) is 36.3 Å². The number of carbonyl (C=O) groups excluding carboxylic acids is 1. The molecular weight excluding hydrogens is 294 g/mol. The summed E-state index contributed by atoms with van der Waals surface area (Å²) in [6.07, 6.45) is 5.60. The predicted octanol–water partition coefficient (Wildman–Crippen LogP) is 0.895. The highest BCUT2D eigenvalue weighted by Crippen LogP contribution is 2.01. The van der Waals surface area contributed by atoms with E-state index in [0.717, 1.165) is 25.2 Å². The molecule has 124 valence electrons. The highest BCUT2D eigenvalue weighted by molar-refractivity contribution is 5.78. The topological polar surface area (TPSA) is 92.7 Å². The minimum Gasteiger partial charge on any atom is -0.356 e. The zero-order chi connectivity index (χ0) is 16.8. The summed E-state index contributed by atoms with van der Waals surface area (Å²) >= 11 is 0. The van der Waals surface area contributed by atoms with Gasteiger partial charge in [0, 0.05) is 37.5 Å². The lowest BCUT2D eigenvalue weighted by atomic mass is 10.2. The van der Waals surface area contributed by atoms with Gasteiger partial charge in [-0.05, 0) is 20.3 Å². The standard InChI is InChI=1S/C16H23N5O2/c1-4-14-17-7-9-21(14)8-5-6-18-15(22)10-13-11(2)16(23)20-12(3)19-13/h7,9H,4-6,8,10H2,1-3H3,(H,18,22)(H,19,20,23). The lowest BCUT2D eigenvalue weighted by Gasteiger charge is -2.09. The van der Waals surface area contributed by atoms with Crippen LogP contribution in [0.5, 0.6) is 0 Å². The summed E-state index contributed by atoms with van der Waals surface area (Å²) in [6.45, 7) is 6.86. The second kappa shape index (κ2) is 7.71. The molecule has 0 saturated carbocycles. The minimum absolute atomic E-state index is 0.119. The molecule has 0 aromatic carbocycles. The Morgan fingerprint density at radius 3 is 2.91 bits per heavy atom. The maximum Gasteiger partial charge on any atom is 0.254 e. The molecule has 7 nitrogen and oxygen atoms in total. The predicted molar refractivity (Wildman–Crippen MR) is 87.3 cm³/mol. The van der Waals surface area contributed by atoms with E-state index < -0.39 is 0 Å². The number of hydrogen-bond acceptors (Lipinski definition) is 4. The molecule has 0 radical (unpaired) electrons. The van der Waals surface area contributed by atoms with Crippen molar-refractivity contribution in [2.75, 3.05) is 6.54 Å². The number of rotatable bonds is 7. The molecule has 0 bridgehead atoms. The molecule has 2 rings (SSSR count). The number of H-pyrrole nitrogens is 1. The highest BCUT2D eigenvalue weighted by Gasteiger charge is 2.10. The Balaban J connectivity index is 1.81. The maximum atomic E-state index is 12.0. The van der Waals surface area contributed by atoms with Gasteiger partial charge in [-0.25, -0.2) is 9.97 Å². The molecular formula is C16H23N5O2. The van der Waals surface area contributed by atoms with Gasteiger partial charge in [0.05, 0.1) is 12.1 Å². The first-order valence-electron chi connectivity index (χ1n) is 7.84. The highest BCUT2D eigenvalue weighted by atomic mass is 16.1. The summed E-state index contributed by atoms with van der Waals surface area (Å²) < 4.78 is 2.10. The van der Waals surface area contributed by atoms with Crippen LogP contribution in [0, 0.1) is 13.8 Å². The van der Waals surface area contributed by atoms with Crippen molar-refractivity contribution in [3.05, 3.63) is 45.7 Å². The molecule has 0 unspecified atom stereocenters. The zero-order valence-electron chi connectivity index (χ0n) is 13.8. The second-order valence-electron chi connectivity index (χ2n) is 5.49. The van der Waals surface area contributed by atoms with Gasteiger partial charge in [-0.1, -0.05) is 6.92 Å². The van der Waals surface area contributed by atoms with Crippen molar-refractivity contribution in [3.63, 3.8) is 0 Å². The van der Waals surface area contributed by atoms with Crippen molar-refractivity contribution in [2.45, 2.75) is 46.6 Å². The van der Waals surface area contributed by atoms with Crippen LogP contribution in [0.2, 0.25) is 0 Å². The van der Waals surface area contributed by atoms with Crippen LogP contribution in [-0.4, -0.2) is 32.0 Å². The molecule has 0 saturated heterocycles. The van der Waals surface area contributed by atoms with Crippen LogP contribution >= 0.6 is 0 Å². The Labute approximate surface area is 135 Å². The minimum atomic E-state index is -0.187. The first-order valence-corrected chi connectivity index (χ1v) is 7.84. The third-order valence-electron chi connectivity index (χ3n) is 3.71. The summed E-state index contributed by atoms with van der Waals surface area (Å²) in [5, 5.41) is 2.87. The van der Waals surface area contributed by atoms with Crippen molar-refractivity contribution in [2.24, 2.45) is 0 Å². The largest absolute Gasteiger partial charge is 0.356 e. The van der Waals surface area contributed by atoms with E-state index in [0.29, 0.717) is 23.6 Å². The van der Waals surface area contributed by atoms with Gasteiger partial charge in [0.25, 0.3) is 5.56 Å². The molecule has 0 spiro atoms. The van der Waals surface area contributed by atoms with Crippen LogP contribution in [0.4, 0.5) is 0 Å². The van der Waals surface area contributed by atoms with E-state index in [4.69, 9.17) is 0 Å². The van der Waals surface area contributed by atoms with Crippen molar-refractivity contribution in [1.29, 1.82) is 0 Å². The fraction of sp³-hybridized carbons (Fsp3) is 0.500. The number of nitrogens with zero attached hydrogens (tertiary/aromatic N) is 3. The summed E-state index contributed by atoms with van der Waals surface area (Å²) in [5.41, 5.74) is 0.843. The molecule has 0 aliphatic rings. The van der Waals surface area contributed by atoms with Gasteiger partial charge in [-0.3, -0.25) is 9.59 Å². The number of hydrogen-bond donors (Lipinski definition) is 2. The summed E-state index contributed by atoms with van der Waals surface area (Å²) in [7, 11) is 0. The molecule has 1 amide bonds. The molecule has 23 heavy (non-hydrogen) atoms. The number of nitrogens with one attached hydrogen (secondary N) is 2. The lowest BCUT2D eigenvalue weighted by Crippen LogP contribution is -2.29. The summed E-state index contributed by atoms with van der Waals surface area (Å²) in [5.74, 6) is 1.46. The quantitative estimate of drug-likeness (QED) is 0.742. The monoisotopic (exact) mass is 317 g/mol. The first-order chi connectivity index (χ1) is 11.0. The molecule has 0 aliphatic heterocycles. The van der Waals surface area contributed by atoms with Crippen LogP contribution in [0.15, 0.2) is 17.2 Å². The van der Waals surface area contributed by atoms with Crippen molar-refractivity contribution >= 4 is 5.91 Å². The molecule has 7 heteroatoms. The molecule has 2 aromatic rings. The molecule has 0 aliphatic carbocycles. The average Bonchev–Trinajstić information content (AvgIpc) is 2.96. The first kappa shape index (κ1) is 16.9. The van der Waals surface area contributed by atoms with Crippen LogP contribution < -0.4 is 10.9 Å². The van der Waals surface area contributed by atoms with Crippen LogP contribution in [0.3, 0.4) is 0 Å². The van der Waals surface area contributed by atoms with Crippen LogP contribution in [0.25, 0.3) is 0 Å². The average molecular weight is 317 g/mol. The van der Waals surface area contributed by atoms with Crippen molar-refractivity contribution in [1.82, 2.24) is 24.8 Å². The normalized spacial score (nSPS) is 10.7. The summed E-state index contributed by atoms with van der Waals surface area (Å²) in [4.78, 5) is 34.8. The maximum absolute atomic E-state index is 12.0. The van der Waals surface area contributed by atoms with Crippen molar-refractivity contribution in [3.8, 4) is 0 Å². The molecule has 2 aromatic heterocycles. The van der Waals surface area contributed by atoms with Gasteiger partial charge in [-0.15, -0.1) is 0 Å². The Kier molecular flexibility index (Phi) is 5.67. The number of imidazole rings is 1. The molecule has 0 atom stereocenters. The fourth-order valence-electron chi connectivity index (χ4n) is 2.43. The Bertz CT molecular complexity index is 732. The third kappa shape index (κ3) is 4.51. The van der Waals surface area contributed by atoms with E-state index >= 15 is 0 Å². The third-order valence-corrected chi connectivity index (χ3v) is 3.71. The number of aromatic amines is 1. The Morgan fingerprint density at radius 2 is 2.17 bits per heavy atom. The van der Waals surface area contributed by atoms with Gasteiger partial charge >= 0.3 is 0 Å². The van der Waals surface area contributed by atoms with Crippen molar-refractivity contribution < 1.29 is 4.79 Å². The van der Waals surface area contributed by atoms with E-state index in [1.165, 1.54) is 0 Å². The van der Waals surface area contributed by atoms with Gasteiger partial charge in [0.1, 0.15) is 11.6 Å². The van der Waals surface area contributed by atoms with Crippen LogP contribution in [-0.2, 0) is 24.2 Å². The molecule has 2 N–H and O–H groups in total. The number of aromatic nitrogens is 4. The van der Waals surface area contributed by atoms with Gasteiger partial charge in [-0.2, -0.15) is 0 Å². The SMILES string of the molecule is CCc1nccn1CCCNC(=O)Cc1nc(C)[nH]c(=O)c1C. The molecule has 2 heterocycles. The number of aryl methyl sites for hydroxylation is 3. The van der Waals surface area contributed by atoms with Gasteiger partial charge in [0.2, 0.25) is 5.91 Å². The smallest absolute Gasteiger partial charge is 0.254 e. The lowest BCUT2D eigenvalue weighted by molar-refractivity contribution is -0.120. The fourth-order valence-corrected chi connectivity index (χ4v) is 2.43. The number of carbonyl (C=O) groups is 1. The second-order valence-corrected chi connectivity index (χ2v) is 5.49. The van der Waals surface area contributed by atoms with Gasteiger partial charge < -0.3 is 14.9 Å².